The number of rotatable bonds is 3. The highest BCUT2D eigenvalue weighted by molar-refractivity contribution is 6.18. The molecule has 1 saturated heterocycles. The number of likely N-dealkylation sites (tertiary alicyclic amines) is 1. The van der Waals surface area contributed by atoms with Gasteiger partial charge in [0.25, 0.3) is 0 Å². The predicted molar refractivity (Wildman–Crippen MR) is 65.6 cm³/mol. The fourth-order valence-corrected chi connectivity index (χ4v) is 2.47. The highest BCUT2D eigenvalue weighted by atomic mass is 35.5. The Kier molecular flexibility index (Phi) is 4.22. The van der Waals surface area contributed by atoms with E-state index in [1.807, 2.05) is 0 Å². The van der Waals surface area contributed by atoms with Gasteiger partial charge in [-0.05, 0) is 23.6 Å². The van der Waals surface area contributed by atoms with Gasteiger partial charge in [0.1, 0.15) is 5.82 Å². The van der Waals surface area contributed by atoms with Crippen molar-refractivity contribution in [2.75, 3.05) is 12.4 Å². The van der Waals surface area contributed by atoms with Gasteiger partial charge in [-0.2, -0.15) is 13.2 Å². The topological polar surface area (TPSA) is 20.3 Å². The van der Waals surface area contributed by atoms with Gasteiger partial charge >= 0.3 is 6.18 Å². The van der Waals surface area contributed by atoms with Crippen LogP contribution >= 0.6 is 11.6 Å². The number of carbonyl (C=O) groups is 1. The van der Waals surface area contributed by atoms with Crippen molar-refractivity contribution in [2.24, 2.45) is 5.92 Å². The zero-order chi connectivity index (χ0) is 14.9. The number of hydrogen-bond donors (Lipinski definition) is 0. The molecule has 0 spiro atoms. The molecule has 1 aliphatic rings. The monoisotopic (exact) mass is 309 g/mol. The molecule has 1 aromatic carbocycles. The molecule has 0 saturated carbocycles. The first kappa shape index (κ1) is 15.1. The standard InChI is InChI=1S/C13H12ClF4NO/c14-5-8-3-12(20)19(6-8)7-9-1-2-10(15)4-11(9)13(16,17)18/h1-2,4,8H,3,5-7H2. The SMILES string of the molecule is O=C1CC(CCl)CN1Cc1ccc(F)cc1C(F)(F)F. The van der Waals surface area contributed by atoms with Crippen molar-refractivity contribution in [3.8, 4) is 0 Å². The smallest absolute Gasteiger partial charge is 0.338 e. The van der Waals surface area contributed by atoms with Gasteiger partial charge in [0.2, 0.25) is 5.91 Å². The Morgan fingerprint density at radius 3 is 2.60 bits per heavy atom. The van der Waals surface area contributed by atoms with Gasteiger partial charge in [-0.15, -0.1) is 11.6 Å². The van der Waals surface area contributed by atoms with E-state index in [2.05, 4.69) is 0 Å². The lowest BCUT2D eigenvalue weighted by atomic mass is 10.1. The molecule has 2 nitrogen and oxygen atoms in total. The Balaban J connectivity index is 2.24. The van der Waals surface area contributed by atoms with Crippen LogP contribution < -0.4 is 0 Å². The van der Waals surface area contributed by atoms with Crippen molar-refractivity contribution in [1.29, 1.82) is 0 Å². The summed E-state index contributed by atoms with van der Waals surface area (Å²) in [5.41, 5.74) is -1.15. The highest BCUT2D eigenvalue weighted by Gasteiger charge is 2.36. The number of halogens is 5. The average Bonchev–Trinajstić information content (AvgIpc) is 2.71. The largest absolute Gasteiger partial charge is 0.416 e. The van der Waals surface area contributed by atoms with E-state index in [1.165, 1.54) is 4.90 Å². The summed E-state index contributed by atoms with van der Waals surface area (Å²) in [5, 5.41) is 0. The summed E-state index contributed by atoms with van der Waals surface area (Å²) in [6.45, 7) is 0.151. The Bertz CT molecular complexity index is 518. The van der Waals surface area contributed by atoms with Crippen LogP contribution in [0.2, 0.25) is 0 Å². The lowest BCUT2D eigenvalue weighted by Crippen LogP contribution is -2.26. The van der Waals surface area contributed by atoms with Crippen LogP contribution in [0.3, 0.4) is 0 Å². The lowest BCUT2D eigenvalue weighted by Gasteiger charge is -2.20. The van der Waals surface area contributed by atoms with E-state index in [-0.39, 0.29) is 36.2 Å². The molecule has 1 fully saturated rings. The molecule has 0 N–H and O–H groups in total. The van der Waals surface area contributed by atoms with Gasteiger partial charge in [-0.1, -0.05) is 6.07 Å². The zero-order valence-electron chi connectivity index (χ0n) is 10.4. The molecule has 1 atom stereocenters. The molecule has 20 heavy (non-hydrogen) atoms. The molecule has 0 aliphatic carbocycles. The molecule has 1 heterocycles. The van der Waals surface area contributed by atoms with Gasteiger partial charge in [0, 0.05) is 25.4 Å². The number of hydrogen-bond acceptors (Lipinski definition) is 1. The van der Waals surface area contributed by atoms with Crippen LogP contribution in [0.15, 0.2) is 18.2 Å². The molecular formula is C13H12ClF4NO. The van der Waals surface area contributed by atoms with Gasteiger partial charge < -0.3 is 4.90 Å². The molecule has 1 aliphatic heterocycles. The summed E-state index contributed by atoms with van der Waals surface area (Å²) in [7, 11) is 0. The van der Waals surface area contributed by atoms with E-state index in [4.69, 9.17) is 11.6 Å². The third kappa shape index (κ3) is 3.23. The first-order valence-corrected chi connectivity index (χ1v) is 6.54. The maximum atomic E-state index is 13.0. The second-order valence-corrected chi connectivity index (χ2v) is 5.11. The summed E-state index contributed by atoms with van der Waals surface area (Å²) in [6, 6.07) is 2.48. The van der Waals surface area contributed by atoms with Crippen molar-refractivity contribution in [2.45, 2.75) is 19.1 Å². The average molecular weight is 310 g/mol. The highest BCUT2D eigenvalue weighted by Crippen LogP contribution is 2.34. The fraction of sp³-hybridized carbons (Fsp3) is 0.462. The van der Waals surface area contributed by atoms with Crippen LogP contribution in [0.1, 0.15) is 17.5 Å². The van der Waals surface area contributed by atoms with Crippen LogP contribution in [-0.2, 0) is 17.5 Å². The zero-order valence-corrected chi connectivity index (χ0v) is 11.1. The van der Waals surface area contributed by atoms with Crippen molar-refractivity contribution < 1.29 is 22.4 Å². The molecule has 0 radical (unpaired) electrons. The first-order valence-electron chi connectivity index (χ1n) is 6.00. The lowest BCUT2D eigenvalue weighted by molar-refractivity contribution is -0.139. The van der Waals surface area contributed by atoms with Crippen LogP contribution in [0.5, 0.6) is 0 Å². The first-order chi connectivity index (χ1) is 9.31. The fourth-order valence-electron chi connectivity index (χ4n) is 2.27. The van der Waals surface area contributed by atoms with E-state index in [1.54, 1.807) is 0 Å². The maximum Gasteiger partial charge on any atom is 0.416 e. The van der Waals surface area contributed by atoms with Gasteiger partial charge in [0.15, 0.2) is 0 Å². The third-order valence-electron chi connectivity index (χ3n) is 3.25. The summed E-state index contributed by atoms with van der Waals surface area (Å²) >= 11 is 5.66. The molecule has 110 valence electrons. The van der Waals surface area contributed by atoms with Crippen molar-refractivity contribution in [3.05, 3.63) is 35.1 Å². The van der Waals surface area contributed by atoms with E-state index in [9.17, 15) is 22.4 Å². The number of amides is 1. The Hall–Kier alpha value is -1.30. The summed E-state index contributed by atoms with van der Waals surface area (Å²) in [5.74, 6) is -0.933. The molecule has 1 amide bonds. The van der Waals surface area contributed by atoms with Gasteiger partial charge in [-0.25, -0.2) is 4.39 Å². The van der Waals surface area contributed by atoms with E-state index in [0.717, 1.165) is 12.1 Å². The summed E-state index contributed by atoms with van der Waals surface area (Å²) in [6.07, 6.45) is -4.40. The van der Waals surface area contributed by atoms with Crippen LogP contribution in [0.4, 0.5) is 17.6 Å². The minimum atomic E-state index is -4.65. The van der Waals surface area contributed by atoms with E-state index < -0.39 is 17.6 Å². The molecule has 1 aromatic rings. The molecule has 2 rings (SSSR count). The van der Waals surface area contributed by atoms with Gasteiger partial charge in [-0.3, -0.25) is 4.79 Å². The number of benzene rings is 1. The second kappa shape index (κ2) is 5.60. The molecular weight excluding hydrogens is 298 g/mol. The normalized spacial score (nSPS) is 19.8. The molecule has 0 bridgehead atoms. The minimum absolute atomic E-state index is 0.0426. The minimum Gasteiger partial charge on any atom is -0.338 e. The number of nitrogens with zero attached hydrogens (tertiary/aromatic N) is 1. The van der Waals surface area contributed by atoms with Crippen molar-refractivity contribution in [1.82, 2.24) is 4.90 Å². The summed E-state index contributed by atoms with van der Waals surface area (Å²) < 4.78 is 51.5. The molecule has 7 heteroatoms. The Labute approximate surface area is 118 Å². The van der Waals surface area contributed by atoms with Crippen LogP contribution in [-0.4, -0.2) is 23.2 Å². The van der Waals surface area contributed by atoms with Crippen LogP contribution in [0, 0.1) is 11.7 Å². The Morgan fingerprint density at radius 2 is 2.05 bits per heavy atom. The molecule has 0 aromatic heterocycles. The second-order valence-electron chi connectivity index (χ2n) is 4.80. The molecule has 1 unspecified atom stereocenters. The maximum absolute atomic E-state index is 13.0. The van der Waals surface area contributed by atoms with E-state index in [0.29, 0.717) is 12.6 Å². The predicted octanol–water partition coefficient (Wildman–Crippen LogP) is 3.43. The number of carbonyl (C=O) groups excluding carboxylic acids is 1. The number of alkyl halides is 4. The van der Waals surface area contributed by atoms with Crippen LogP contribution in [0.25, 0.3) is 0 Å². The quantitative estimate of drug-likeness (QED) is 0.619. The van der Waals surface area contributed by atoms with Crippen molar-refractivity contribution >= 4 is 17.5 Å². The van der Waals surface area contributed by atoms with E-state index >= 15 is 0 Å². The third-order valence-corrected chi connectivity index (χ3v) is 3.69. The van der Waals surface area contributed by atoms with Gasteiger partial charge in [0.05, 0.1) is 5.56 Å². The Morgan fingerprint density at radius 1 is 1.35 bits per heavy atom. The summed E-state index contributed by atoms with van der Waals surface area (Å²) in [4.78, 5) is 13.0. The van der Waals surface area contributed by atoms with Crippen molar-refractivity contribution in [3.63, 3.8) is 0 Å².